The number of aliphatic hydroxyl groups is 1. The number of carboxylic acids is 1. The van der Waals surface area contributed by atoms with E-state index in [4.69, 9.17) is 5.11 Å². The molecule has 1 rings (SSSR count). The third kappa shape index (κ3) is 3.47. The predicted molar refractivity (Wildman–Crippen MR) is 70.8 cm³/mol. The highest BCUT2D eigenvalue weighted by Crippen LogP contribution is 2.23. The first kappa shape index (κ1) is 15.5. The van der Waals surface area contributed by atoms with Crippen LogP contribution >= 0.6 is 0 Å². The van der Waals surface area contributed by atoms with Crippen LogP contribution in [0.15, 0.2) is 12.7 Å². The minimum Gasteiger partial charge on any atom is -0.480 e. The van der Waals surface area contributed by atoms with Gasteiger partial charge in [0.15, 0.2) is 0 Å². The average Bonchev–Trinajstić information content (AvgIpc) is 2.66. The van der Waals surface area contributed by atoms with E-state index in [0.717, 1.165) is 0 Å². The van der Waals surface area contributed by atoms with Crippen molar-refractivity contribution in [2.45, 2.75) is 44.9 Å². The van der Waals surface area contributed by atoms with E-state index in [1.54, 1.807) is 11.0 Å². The number of carbonyl (C=O) groups is 2. The molecule has 0 spiro atoms. The first-order chi connectivity index (χ1) is 8.68. The number of aliphatic hydroxyl groups excluding tert-OH is 1. The minimum atomic E-state index is -1.09. The van der Waals surface area contributed by atoms with Gasteiger partial charge in [-0.1, -0.05) is 6.08 Å². The highest BCUT2D eigenvalue weighted by Gasteiger charge is 2.42. The number of aliphatic carboxylic acids is 1. The Morgan fingerprint density at radius 1 is 1.47 bits per heavy atom. The van der Waals surface area contributed by atoms with Crippen molar-refractivity contribution >= 4 is 12.0 Å². The van der Waals surface area contributed by atoms with Crippen molar-refractivity contribution in [1.29, 1.82) is 0 Å². The van der Waals surface area contributed by atoms with Gasteiger partial charge in [0.1, 0.15) is 6.04 Å². The molecule has 0 bridgehead atoms. The molecule has 6 nitrogen and oxygen atoms in total. The molecule has 0 aliphatic carbocycles. The van der Waals surface area contributed by atoms with Gasteiger partial charge in [0.05, 0.1) is 6.10 Å². The number of hydrogen-bond acceptors (Lipinski definition) is 3. The fourth-order valence-corrected chi connectivity index (χ4v) is 2.18. The first-order valence-corrected chi connectivity index (χ1v) is 6.28. The van der Waals surface area contributed by atoms with Gasteiger partial charge >= 0.3 is 12.0 Å². The van der Waals surface area contributed by atoms with Crippen LogP contribution in [-0.4, -0.2) is 62.8 Å². The molecule has 2 unspecified atom stereocenters. The number of carboxylic acid groups (broad SMARTS) is 1. The molecule has 0 radical (unpaired) electrons. The highest BCUT2D eigenvalue weighted by atomic mass is 16.4. The van der Waals surface area contributed by atoms with Crippen molar-refractivity contribution in [2.24, 2.45) is 0 Å². The van der Waals surface area contributed by atoms with Gasteiger partial charge < -0.3 is 20.0 Å². The van der Waals surface area contributed by atoms with E-state index in [0.29, 0.717) is 6.54 Å². The van der Waals surface area contributed by atoms with E-state index >= 15 is 0 Å². The normalized spacial score (nSPS) is 23.3. The molecule has 19 heavy (non-hydrogen) atoms. The van der Waals surface area contributed by atoms with Gasteiger partial charge in [-0.2, -0.15) is 0 Å². The van der Waals surface area contributed by atoms with Gasteiger partial charge in [0.2, 0.25) is 0 Å². The van der Waals surface area contributed by atoms with Gasteiger partial charge in [-0.05, 0) is 20.8 Å². The van der Waals surface area contributed by atoms with E-state index in [-0.39, 0.29) is 19.0 Å². The predicted octanol–water partition coefficient (Wildman–Crippen LogP) is 0.913. The molecule has 1 heterocycles. The number of amides is 2. The second-order valence-corrected chi connectivity index (χ2v) is 5.75. The van der Waals surface area contributed by atoms with Crippen LogP contribution < -0.4 is 0 Å². The fourth-order valence-electron chi connectivity index (χ4n) is 2.18. The maximum absolute atomic E-state index is 12.5. The summed E-state index contributed by atoms with van der Waals surface area (Å²) in [7, 11) is 0. The van der Waals surface area contributed by atoms with Crippen molar-refractivity contribution in [2.75, 3.05) is 13.1 Å². The summed E-state index contributed by atoms with van der Waals surface area (Å²) < 4.78 is 0. The Morgan fingerprint density at radius 3 is 2.47 bits per heavy atom. The molecule has 0 aromatic heterocycles. The lowest BCUT2D eigenvalue weighted by molar-refractivity contribution is -0.141. The second kappa shape index (κ2) is 5.61. The number of rotatable bonds is 3. The molecule has 0 saturated carbocycles. The molecule has 1 fully saturated rings. The van der Waals surface area contributed by atoms with E-state index in [2.05, 4.69) is 6.58 Å². The van der Waals surface area contributed by atoms with Crippen LogP contribution in [0.4, 0.5) is 4.79 Å². The van der Waals surface area contributed by atoms with Crippen molar-refractivity contribution in [1.82, 2.24) is 9.80 Å². The summed E-state index contributed by atoms with van der Waals surface area (Å²) >= 11 is 0. The zero-order chi connectivity index (χ0) is 14.8. The molecular formula is C13H22N2O4. The summed E-state index contributed by atoms with van der Waals surface area (Å²) in [6.45, 7) is 9.62. The Labute approximate surface area is 113 Å². The average molecular weight is 270 g/mol. The third-order valence-corrected chi connectivity index (χ3v) is 3.16. The van der Waals surface area contributed by atoms with Crippen molar-refractivity contribution < 1.29 is 19.8 Å². The van der Waals surface area contributed by atoms with E-state index in [1.807, 2.05) is 20.8 Å². The topological polar surface area (TPSA) is 81.1 Å². The van der Waals surface area contributed by atoms with Crippen LogP contribution in [0.1, 0.15) is 27.2 Å². The largest absolute Gasteiger partial charge is 0.480 e. The lowest BCUT2D eigenvalue weighted by atomic mass is 10.1. The number of carbonyl (C=O) groups excluding carboxylic acids is 1. The molecule has 1 saturated heterocycles. The van der Waals surface area contributed by atoms with Gasteiger partial charge in [-0.15, -0.1) is 6.58 Å². The Morgan fingerprint density at radius 2 is 2.05 bits per heavy atom. The zero-order valence-electron chi connectivity index (χ0n) is 11.7. The van der Waals surface area contributed by atoms with Gasteiger partial charge in [-0.3, -0.25) is 0 Å². The molecule has 6 heteroatoms. The highest BCUT2D eigenvalue weighted by molar-refractivity contribution is 5.84. The standard InChI is InChI=1S/C13H22N2O4/c1-5-6-15(13(2,3)4)12(19)14-8-9(16)7-10(14)11(17)18/h5,9-10,16H,1,6-8H2,2-4H3,(H,17,18). The summed E-state index contributed by atoms with van der Waals surface area (Å²) in [6.07, 6.45) is 0.897. The second-order valence-electron chi connectivity index (χ2n) is 5.75. The summed E-state index contributed by atoms with van der Waals surface area (Å²) in [6, 6.07) is -1.34. The number of hydrogen-bond donors (Lipinski definition) is 2. The SMILES string of the molecule is C=CCN(C(=O)N1CC(O)CC1C(=O)O)C(C)(C)C. The van der Waals surface area contributed by atoms with Crippen LogP contribution in [0.3, 0.4) is 0 Å². The summed E-state index contributed by atoms with van der Waals surface area (Å²) in [5.74, 6) is -1.09. The smallest absolute Gasteiger partial charge is 0.326 e. The molecule has 2 atom stereocenters. The Balaban J connectivity index is 2.95. The first-order valence-electron chi connectivity index (χ1n) is 6.28. The Hall–Kier alpha value is -1.56. The fraction of sp³-hybridized carbons (Fsp3) is 0.692. The van der Waals surface area contributed by atoms with Crippen molar-refractivity contribution in [3.05, 3.63) is 12.7 Å². The van der Waals surface area contributed by atoms with E-state index in [9.17, 15) is 14.7 Å². The lowest BCUT2D eigenvalue weighted by Crippen LogP contribution is -2.54. The van der Waals surface area contributed by atoms with E-state index < -0.39 is 23.7 Å². The van der Waals surface area contributed by atoms with Crippen molar-refractivity contribution in [3.63, 3.8) is 0 Å². The molecule has 1 aliphatic rings. The molecular weight excluding hydrogens is 248 g/mol. The quantitative estimate of drug-likeness (QED) is 0.747. The number of urea groups is 1. The molecule has 0 aromatic carbocycles. The molecule has 2 amide bonds. The minimum absolute atomic E-state index is 0.0551. The molecule has 2 N–H and O–H groups in total. The molecule has 0 aromatic rings. The zero-order valence-corrected chi connectivity index (χ0v) is 11.7. The molecule has 1 aliphatic heterocycles. The summed E-state index contributed by atoms with van der Waals surface area (Å²) in [5, 5.41) is 18.7. The molecule has 108 valence electrons. The third-order valence-electron chi connectivity index (χ3n) is 3.16. The van der Waals surface area contributed by atoms with Gasteiger partial charge in [0.25, 0.3) is 0 Å². The van der Waals surface area contributed by atoms with Crippen LogP contribution in [0.25, 0.3) is 0 Å². The maximum Gasteiger partial charge on any atom is 0.326 e. The van der Waals surface area contributed by atoms with E-state index in [1.165, 1.54) is 4.90 Å². The van der Waals surface area contributed by atoms with Crippen LogP contribution in [0.5, 0.6) is 0 Å². The lowest BCUT2D eigenvalue weighted by Gasteiger charge is -2.38. The monoisotopic (exact) mass is 270 g/mol. The number of β-amino-alcohol motifs (C(OH)–C–C–N with tert-alkyl or cyclic N) is 1. The van der Waals surface area contributed by atoms with Crippen molar-refractivity contribution in [3.8, 4) is 0 Å². The number of likely N-dealkylation sites (tertiary alicyclic amines) is 1. The summed E-state index contributed by atoms with van der Waals surface area (Å²) in [5.41, 5.74) is -0.443. The number of nitrogens with zero attached hydrogens (tertiary/aromatic N) is 2. The van der Waals surface area contributed by atoms with Gasteiger partial charge in [-0.25, -0.2) is 9.59 Å². The Bertz CT molecular complexity index is 375. The van der Waals surface area contributed by atoms with Gasteiger partial charge in [0, 0.05) is 25.0 Å². The summed E-state index contributed by atoms with van der Waals surface area (Å²) in [4.78, 5) is 26.4. The maximum atomic E-state index is 12.5. The van der Waals surface area contributed by atoms with Crippen LogP contribution in [0, 0.1) is 0 Å². The van der Waals surface area contributed by atoms with Crippen LogP contribution in [-0.2, 0) is 4.79 Å². The Kier molecular flexibility index (Phi) is 4.57. The van der Waals surface area contributed by atoms with Crippen LogP contribution in [0.2, 0.25) is 0 Å².